The zero-order valence-corrected chi connectivity index (χ0v) is 15.9. The summed E-state index contributed by atoms with van der Waals surface area (Å²) in [6, 6.07) is 6.52. The number of hydrogen-bond donors (Lipinski definition) is 1. The molecule has 1 atom stereocenters. The van der Waals surface area contributed by atoms with Crippen LogP contribution in [0.5, 0.6) is 0 Å². The Kier molecular flexibility index (Phi) is 5.78. The van der Waals surface area contributed by atoms with E-state index in [1.165, 1.54) is 0 Å². The number of benzene rings is 1. The van der Waals surface area contributed by atoms with Crippen LogP contribution in [0.1, 0.15) is 60.1 Å². The molecular formula is C20H25N3O4. The summed E-state index contributed by atoms with van der Waals surface area (Å²) in [5.41, 5.74) is 2.97. The van der Waals surface area contributed by atoms with Crippen LogP contribution < -0.4 is 5.32 Å². The maximum Gasteiger partial charge on any atom is 0.338 e. The number of anilines is 1. The Balaban J connectivity index is 1.72. The molecule has 0 aliphatic carbocycles. The molecule has 3 rings (SSSR count). The molecule has 0 bridgehead atoms. The first-order valence-electron chi connectivity index (χ1n) is 9.35. The van der Waals surface area contributed by atoms with E-state index >= 15 is 0 Å². The van der Waals surface area contributed by atoms with Crippen molar-refractivity contribution in [2.75, 3.05) is 18.5 Å². The van der Waals surface area contributed by atoms with E-state index in [0.717, 1.165) is 36.3 Å². The van der Waals surface area contributed by atoms with E-state index in [1.807, 2.05) is 18.7 Å². The molecule has 1 saturated heterocycles. The summed E-state index contributed by atoms with van der Waals surface area (Å²) < 4.78 is 10.4. The maximum atomic E-state index is 12.8. The minimum atomic E-state index is -0.370. The average Bonchev–Trinajstić information content (AvgIpc) is 3.28. The molecule has 1 aliphatic rings. The highest BCUT2D eigenvalue weighted by molar-refractivity contribution is 5.92. The highest BCUT2D eigenvalue weighted by atomic mass is 16.5. The van der Waals surface area contributed by atoms with Crippen LogP contribution in [0, 0.1) is 6.92 Å². The van der Waals surface area contributed by atoms with Gasteiger partial charge in [0.15, 0.2) is 0 Å². The van der Waals surface area contributed by atoms with Gasteiger partial charge in [-0.15, -0.1) is 0 Å². The van der Waals surface area contributed by atoms with Crippen molar-refractivity contribution in [1.82, 2.24) is 10.1 Å². The van der Waals surface area contributed by atoms with Crippen molar-refractivity contribution in [1.29, 1.82) is 0 Å². The summed E-state index contributed by atoms with van der Waals surface area (Å²) in [6.07, 6.45) is 2.58. The van der Waals surface area contributed by atoms with E-state index in [0.29, 0.717) is 24.4 Å². The molecule has 1 aromatic carbocycles. The standard InChI is InChI=1S/C20H25N3O4/c1-4-17-18(13(3)22-27-17)16-7-6-12-23(16)20(25)21-15-10-8-14(9-11-15)19(24)26-5-2/h8-11,16H,4-7,12H2,1-3H3,(H,21,25)/t16-/m0/s1. The van der Waals surface area contributed by atoms with Crippen molar-refractivity contribution in [2.24, 2.45) is 0 Å². The predicted molar refractivity (Wildman–Crippen MR) is 101 cm³/mol. The molecule has 1 fully saturated rings. The number of urea groups is 1. The smallest absolute Gasteiger partial charge is 0.338 e. The molecule has 1 N–H and O–H groups in total. The Morgan fingerprint density at radius 2 is 2.04 bits per heavy atom. The zero-order chi connectivity index (χ0) is 19.4. The fourth-order valence-electron chi connectivity index (χ4n) is 3.51. The topological polar surface area (TPSA) is 84.7 Å². The number of aromatic nitrogens is 1. The number of likely N-dealkylation sites (tertiary alicyclic amines) is 1. The molecule has 1 aromatic heterocycles. The van der Waals surface area contributed by atoms with Crippen LogP contribution in [-0.2, 0) is 11.2 Å². The molecule has 2 heterocycles. The highest BCUT2D eigenvalue weighted by Gasteiger charge is 2.34. The first kappa shape index (κ1) is 18.9. The van der Waals surface area contributed by atoms with Crippen LogP contribution >= 0.6 is 0 Å². The number of hydrogen-bond acceptors (Lipinski definition) is 5. The third-order valence-electron chi connectivity index (χ3n) is 4.80. The number of esters is 1. The average molecular weight is 371 g/mol. The van der Waals surface area contributed by atoms with E-state index in [4.69, 9.17) is 9.26 Å². The molecule has 0 saturated carbocycles. The van der Waals surface area contributed by atoms with Gasteiger partial charge in [-0.25, -0.2) is 9.59 Å². The summed E-state index contributed by atoms with van der Waals surface area (Å²) >= 11 is 0. The Labute approximate surface area is 158 Å². The van der Waals surface area contributed by atoms with Gasteiger partial charge >= 0.3 is 12.0 Å². The first-order valence-corrected chi connectivity index (χ1v) is 9.35. The van der Waals surface area contributed by atoms with E-state index in [9.17, 15) is 9.59 Å². The van der Waals surface area contributed by atoms with E-state index in [1.54, 1.807) is 31.2 Å². The molecule has 0 spiro atoms. The molecule has 2 amide bonds. The van der Waals surface area contributed by atoms with Crippen molar-refractivity contribution in [3.8, 4) is 0 Å². The van der Waals surface area contributed by atoms with Gasteiger partial charge < -0.3 is 19.5 Å². The fourth-order valence-corrected chi connectivity index (χ4v) is 3.51. The number of amides is 2. The third-order valence-corrected chi connectivity index (χ3v) is 4.80. The molecule has 1 aliphatic heterocycles. The van der Waals surface area contributed by atoms with Gasteiger partial charge in [-0.1, -0.05) is 12.1 Å². The molecule has 144 valence electrons. The van der Waals surface area contributed by atoms with Gasteiger partial charge in [-0.2, -0.15) is 0 Å². The minimum Gasteiger partial charge on any atom is -0.462 e. The fraction of sp³-hybridized carbons (Fsp3) is 0.450. The Morgan fingerprint density at radius 3 is 2.70 bits per heavy atom. The second kappa shape index (κ2) is 8.24. The van der Waals surface area contributed by atoms with Crippen molar-refractivity contribution in [3.05, 3.63) is 46.8 Å². The normalized spacial score (nSPS) is 16.4. The summed E-state index contributed by atoms with van der Waals surface area (Å²) in [4.78, 5) is 26.4. The van der Waals surface area contributed by atoms with Gasteiger partial charge in [-0.3, -0.25) is 0 Å². The SMILES string of the molecule is CCOC(=O)c1ccc(NC(=O)N2CCC[C@H]2c2c(C)noc2CC)cc1. The first-order chi connectivity index (χ1) is 13.0. The van der Waals surface area contributed by atoms with Crippen molar-refractivity contribution < 1.29 is 18.8 Å². The lowest BCUT2D eigenvalue weighted by atomic mass is 10.0. The van der Waals surface area contributed by atoms with Crippen LogP contribution in [0.15, 0.2) is 28.8 Å². The quantitative estimate of drug-likeness (QED) is 0.800. The minimum absolute atomic E-state index is 0.0231. The number of carbonyl (C=O) groups is 2. The lowest BCUT2D eigenvalue weighted by molar-refractivity contribution is 0.0526. The number of nitrogens with one attached hydrogen (secondary N) is 1. The summed E-state index contributed by atoms with van der Waals surface area (Å²) in [5.74, 6) is 0.473. The Morgan fingerprint density at radius 1 is 1.30 bits per heavy atom. The van der Waals surface area contributed by atoms with Crippen molar-refractivity contribution in [3.63, 3.8) is 0 Å². The van der Waals surface area contributed by atoms with Crippen LogP contribution in [0.4, 0.5) is 10.5 Å². The number of rotatable bonds is 5. The molecular weight excluding hydrogens is 346 g/mol. The highest BCUT2D eigenvalue weighted by Crippen LogP contribution is 2.36. The number of carbonyl (C=O) groups excluding carboxylic acids is 2. The van der Waals surface area contributed by atoms with Crippen LogP contribution in [0.3, 0.4) is 0 Å². The summed E-state index contributed by atoms with van der Waals surface area (Å²) in [5, 5.41) is 6.99. The van der Waals surface area contributed by atoms with Gasteiger partial charge in [0, 0.05) is 24.2 Å². The third kappa shape index (κ3) is 3.97. The molecule has 0 unspecified atom stereocenters. The summed E-state index contributed by atoms with van der Waals surface area (Å²) in [6.45, 7) is 6.72. The Bertz CT molecular complexity index is 813. The van der Waals surface area contributed by atoms with E-state index in [-0.39, 0.29) is 18.0 Å². The Hall–Kier alpha value is -2.83. The molecule has 2 aromatic rings. The number of aryl methyl sites for hydroxylation is 2. The van der Waals surface area contributed by atoms with Gasteiger partial charge in [0.25, 0.3) is 0 Å². The second-order valence-corrected chi connectivity index (χ2v) is 6.54. The molecule has 7 nitrogen and oxygen atoms in total. The van der Waals surface area contributed by atoms with E-state index in [2.05, 4.69) is 10.5 Å². The van der Waals surface area contributed by atoms with Crippen LogP contribution in [-0.4, -0.2) is 35.2 Å². The maximum absolute atomic E-state index is 12.8. The van der Waals surface area contributed by atoms with Crippen LogP contribution in [0.2, 0.25) is 0 Å². The van der Waals surface area contributed by atoms with Gasteiger partial charge in [-0.05, 0) is 51.0 Å². The van der Waals surface area contributed by atoms with Gasteiger partial charge in [0.1, 0.15) is 5.76 Å². The number of nitrogens with zero attached hydrogens (tertiary/aromatic N) is 2. The van der Waals surface area contributed by atoms with Crippen molar-refractivity contribution in [2.45, 2.75) is 46.1 Å². The number of ether oxygens (including phenoxy) is 1. The predicted octanol–water partition coefficient (Wildman–Crippen LogP) is 4.09. The van der Waals surface area contributed by atoms with Crippen LogP contribution in [0.25, 0.3) is 0 Å². The van der Waals surface area contributed by atoms with Gasteiger partial charge in [0.05, 0.1) is 23.9 Å². The molecule has 7 heteroatoms. The molecule has 27 heavy (non-hydrogen) atoms. The lowest BCUT2D eigenvalue weighted by Gasteiger charge is -2.25. The summed E-state index contributed by atoms with van der Waals surface area (Å²) in [7, 11) is 0. The zero-order valence-electron chi connectivity index (χ0n) is 15.9. The van der Waals surface area contributed by atoms with Crippen molar-refractivity contribution >= 4 is 17.7 Å². The lowest BCUT2D eigenvalue weighted by Crippen LogP contribution is -2.34. The van der Waals surface area contributed by atoms with Gasteiger partial charge in [0.2, 0.25) is 0 Å². The van der Waals surface area contributed by atoms with E-state index < -0.39 is 0 Å². The second-order valence-electron chi connectivity index (χ2n) is 6.54. The monoisotopic (exact) mass is 371 g/mol. The largest absolute Gasteiger partial charge is 0.462 e. The molecule has 0 radical (unpaired) electrons.